The van der Waals surface area contributed by atoms with Gasteiger partial charge < -0.3 is 0 Å². The molecule has 2 amide bonds. The molecule has 0 radical (unpaired) electrons. The summed E-state index contributed by atoms with van der Waals surface area (Å²) in [5.74, 6) is -0.759. The van der Waals surface area contributed by atoms with Crippen molar-refractivity contribution in [3.8, 4) is 0 Å². The highest BCUT2D eigenvalue weighted by molar-refractivity contribution is 6.01. The number of carbonyl (C=O) groups excluding carboxylic acids is 2. The van der Waals surface area contributed by atoms with Gasteiger partial charge in [-0.2, -0.15) is 5.53 Å². The van der Waals surface area contributed by atoms with Gasteiger partial charge in [0.25, 0.3) is 11.8 Å². The van der Waals surface area contributed by atoms with Gasteiger partial charge >= 0.3 is 0 Å². The van der Waals surface area contributed by atoms with Crippen LogP contribution in [0.2, 0.25) is 0 Å². The minimum Gasteiger partial charge on any atom is -0.272 e. The van der Waals surface area contributed by atoms with Crippen LogP contribution in [0.3, 0.4) is 0 Å². The zero-order valence-corrected chi connectivity index (χ0v) is 4.63. The van der Waals surface area contributed by atoms with Gasteiger partial charge in [-0.15, -0.1) is 5.01 Å². The Bertz CT molecular complexity index is 161. The van der Waals surface area contributed by atoms with Crippen LogP contribution in [-0.2, 0) is 9.59 Å². The number of amides is 2. The van der Waals surface area contributed by atoms with Crippen molar-refractivity contribution < 1.29 is 9.59 Å². The maximum atomic E-state index is 10.5. The summed E-state index contributed by atoms with van der Waals surface area (Å²) in [6, 6.07) is 0. The molecule has 1 fully saturated rings. The van der Waals surface area contributed by atoms with Crippen LogP contribution < -0.4 is 0 Å². The number of nitrogens with one attached hydrogen (secondary N) is 1. The van der Waals surface area contributed by atoms with Gasteiger partial charge in [0, 0.05) is 12.8 Å². The predicted molar refractivity (Wildman–Crippen MR) is 26.2 cm³/mol. The maximum Gasteiger partial charge on any atom is 0.251 e. The Morgan fingerprint density at radius 1 is 1.33 bits per heavy atom. The molecular formula is C4H5N3O2. The average Bonchev–Trinajstić information content (AvgIpc) is 2.12. The van der Waals surface area contributed by atoms with Crippen molar-refractivity contribution in [2.75, 3.05) is 0 Å². The summed E-state index contributed by atoms with van der Waals surface area (Å²) in [6.07, 6.45) is 0.391. The molecule has 1 aliphatic heterocycles. The van der Waals surface area contributed by atoms with Crippen molar-refractivity contribution in [3.05, 3.63) is 0 Å². The molecule has 0 atom stereocenters. The second-order valence-electron chi connectivity index (χ2n) is 1.70. The molecule has 48 valence electrons. The molecule has 0 spiro atoms. The Balaban J connectivity index is 2.77. The van der Waals surface area contributed by atoms with Crippen molar-refractivity contribution in [1.82, 2.24) is 5.01 Å². The Morgan fingerprint density at radius 2 is 1.78 bits per heavy atom. The molecule has 5 nitrogen and oxygen atoms in total. The van der Waals surface area contributed by atoms with Crippen molar-refractivity contribution in [3.63, 3.8) is 0 Å². The topological polar surface area (TPSA) is 73.6 Å². The third-order valence-corrected chi connectivity index (χ3v) is 1.13. The normalized spacial score (nSPS) is 18.9. The summed E-state index contributed by atoms with van der Waals surface area (Å²) < 4.78 is 0. The van der Waals surface area contributed by atoms with Crippen LogP contribution >= 0.6 is 0 Å². The van der Waals surface area contributed by atoms with E-state index in [4.69, 9.17) is 5.53 Å². The second kappa shape index (κ2) is 1.93. The van der Waals surface area contributed by atoms with E-state index in [0.29, 0.717) is 5.01 Å². The first-order valence-corrected chi connectivity index (χ1v) is 2.49. The third kappa shape index (κ3) is 0.802. The molecule has 1 heterocycles. The molecule has 0 aromatic carbocycles. The molecule has 0 unspecified atom stereocenters. The lowest BCUT2D eigenvalue weighted by atomic mass is 10.4. The molecule has 9 heavy (non-hydrogen) atoms. The Labute approximate surface area is 51.1 Å². The lowest BCUT2D eigenvalue weighted by molar-refractivity contribution is -0.139. The van der Waals surface area contributed by atoms with Gasteiger partial charge in [-0.05, 0) is 0 Å². The lowest BCUT2D eigenvalue weighted by Gasteiger charge is -1.99. The first-order valence-electron chi connectivity index (χ1n) is 2.49. The van der Waals surface area contributed by atoms with Crippen LogP contribution in [-0.4, -0.2) is 16.8 Å². The van der Waals surface area contributed by atoms with Crippen LogP contribution in [0.1, 0.15) is 12.8 Å². The maximum absolute atomic E-state index is 10.5. The number of rotatable bonds is 1. The molecule has 1 rings (SSSR count). The van der Waals surface area contributed by atoms with Crippen LogP contribution in [0.4, 0.5) is 0 Å². The van der Waals surface area contributed by atoms with Crippen molar-refractivity contribution in [2.45, 2.75) is 12.8 Å². The highest BCUT2D eigenvalue weighted by Gasteiger charge is 2.28. The van der Waals surface area contributed by atoms with Gasteiger partial charge in [-0.3, -0.25) is 9.59 Å². The van der Waals surface area contributed by atoms with Gasteiger partial charge in [0.1, 0.15) is 0 Å². The summed E-state index contributed by atoms with van der Waals surface area (Å²) in [5.41, 5.74) is 6.37. The smallest absolute Gasteiger partial charge is 0.251 e. The van der Waals surface area contributed by atoms with E-state index >= 15 is 0 Å². The quantitative estimate of drug-likeness (QED) is 0.400. The first kappa shape index (κ1) is 5.87. The van der Waals surface area contributed by atoms with Crippen molar-refractivity contribution in [2.24, 2.45) is 5.22 Å². The second-order valence-corrected chi connectivity index (χ2v) is 1.70. The predicted octanol–water partition coefficient (Wildman–Crippen LogP) is 0.0814. The number of hydrogen-bond acceptors (Lipinski definition) is 4. The van der Waals surface area contributed by atoms with E-state index in [1.54, 1.807) is 0 Å². The van der Waals surface area contributed by atoms with E-state index in [-0.39, 0.29) is 24.7 Å². The van der Waals surface area contributed by atoms with E-state index in [0.717, 1.165) is 0 Å². The summed E-state index contributed by atoms with van der Waals surface area (Å²) >= 11 is 0. The SMILES string of the molecule is N=NN1C(=O)CCC1=O. The number of carbonyl (C=O) groups is 2. The van der Waals surface area contributed by atoms with E-state index in [9.17, 15) is 9.59 Å². The molecular weight excluding hydrogens is 122 g/mol. The average molecular weight is 127 g/mol. The molecule has 1 saturated heterocycles. The van der Waals surface area contributed by atoms with Gasteiger partial charge in [0.05, 0.1) is 0 Å². The van der Waals surface area contributed by atoms with E-state index in [1.807, 2.05) is 0 Å². The van der Waals surface area contributed by atoms with Gasteiger partial charge in [0.2, 0.25) is 0 Å². The fraction of sp³-hybridized carbons (Fsp3) is 0.500. The molecule has 0 saturated carbocycles. The summed E-state index contributed by atoms with van der Waals surface area (Å²) in [6.45, 7) is 0. The van der Waals surface area contributed by atoms with Crippen molar-refractivity contribution >= 4 is 11.8 Å². The van der Waals surface area contributed by atoms with Crippen LogP contribution in [0, 0.1) is 5.53 Å². The van der Waals surface area contributed by atoms with Crippen LogP contribution in [0.15, 0.2) is 5.22 Å². The molecule has 1 aliphatic rings. The summed E-state index contributed by atoms with van der Waals surface area (Å²) in [4.78, 5) is 21.0. The fourth-order valence-electron chi connectivity index (χ4n) is 0.676. The van der Waals surface area contributed by atoms with Gasteiger partial charge in [-0.1, -0.05) is 5.22 Å². The number of imide groups is 1. The van der Waals surface area contributed by atoms with Gasteiger partial charge in [0.15, 0.2) is 0 Å². The van der Waals surface area contributed by atoms with Crippen LogP contribution in [0.5, 0.6) is 0 Å². The monoisotopic (exact) mass is 127 g/mol. The Hall–Kier alpha value is -1.26. The molecule has 0 bridgehead atoms. The fourth-order valence-corrected chi connectivity index (χ4v) is 0.676. The highest BCUT2D eigenvalue weighted by atomic mass is 16.2. The molecule has 0 aromatic heterocycles. The molecule has 0 aromatic rings. The highest BCUT2D eigenvalue weighted by Crippen LogP contribution is 2.10. The summed E-state index contributed by atoms with van der Waals surface area (Å²) in [7, 11) is 0. The Kier molecular flexibility index (Phi) is 1.26. The lowest BCUT2D eigenvalue weighted by Crippen LogP contribution is -2.21. The van der Waals surface area contributed by atoms with Crippen LogP contribution in [0.25, 0.3) is 0 Å². The van der Waals surface area contributed by atoms with Crippen molar-refractivity contribution in [1.29, 1.82) is 5.53 Å². The number of hydrogen-bond donors (Lipinski definition) is 1. The first-order chi connectivity index (χ1) is 4.25. The van der Waals surface area contributed by atoms with E-state index < -0.39 is 0 Å². The standard InChI is InChI=1S/C4H5N3O2/c5-6-7-3(8)1-2-4(7)9/h5H,1-2H2. The third-order valence-electron chi connectivity index (χ3n) is 1.13. The largest absolute Gasteiger partial charge is 0.272 e. The minimum atomic E-state index is -0.380. The zero-order chi connectivity index (χ0) is 6.85. The molecule has 0 aliphatic carbocycles. The number of nitrogens with zero attached hydrogens (tertiary/aromatic N) is 2. The Morgan fingerprint density at radius 3 is 2.00 bits per heavy atom. The minimum absolute atomic E-state index is 0.196. The zero-order valence-electron chi connectivity index (χ0n) is 4.63. The van der Waals surface area contributed by atoms with Gasteiger partial charge in [-0.25, -0.2) is 0 Å². The van der Waals surface area contributed by atoms with E-state index in [2.05, 4.69) is 5.22 Å². The molecule has 1 N–H and O–H groups in total. The molecule has 5 heteroatoms. The summed E-state index contributed by atoms with van der Waals surface area (Å²) in [5, 5.41) is 3.32. The van der Waals surface area contributed by atoms with E-state index in [1.165, 1.54) is 0 Å².